The van der Waals surface area contributed by atoms with Crippen molar-refractivity contribution in [2.24, 2.45) is 0 Å². The predicted molar refractivity (Wildman–Crippen MR) is 125 cm³/mol. The summed E-state index contributed by atoms with van der Waals surface area (Å²) < 4.78 is 21.0. The van der Waals surface area contributed by atoms with Gasteiger partial charge in [0.15, 0.2) is 11.0 Å². The molecular weight excluding hydrogens is 429 g/mol. The van der Waals surface area contributed by atoms with Crippen molar-refractivity contribution in [1.82, 2.24) is 24.6 Å². The van der Waals surface area contributed by atoms with E-state index in [-0.39, 0.29) is 29.1 Å². The molecule has 1 saturated heterocycles. The molecule has 0 N–H and O–H groups in total. The number of carbonyl (C=O) groups is 1. The van der Waals surface area contributed by atoms with Gasteiger partial charge >= 0.3 is 0 Å². The van der Waals surface area contributed by atoms with E-state index in [4.69, 9.17) is 4.74 Å². The average Bonchev–Trinajstić information content (AvgIpc) is 3.15. The highest BCUT2D eigenvalue weighted by molar-refractivity contribution is 8.00. The second-order valence-corrected chi connectivity index (χ2v) is 9.92. The minimum Gasteiger partial charge on any atom is -0.379 e. The van der Waals surface area contributed by atoms with Crippen molar-refractivity contribution in [3.8, 4) is 11.4 Å². The Balaban J connectivity index is 1.83. The summed E-state index contributed by atoms with van der Waals surface area (Å²) in [6.45, 7) is 14.8. The van der Waals surface area contributed by atoms with E-state index in [1.54, 1.807) is 12.1 Å². The van der Waals surface area contributed by atoms with Crippen molar-refractivity contribution < 1.29 is 13.9 Å². The van der Waals surface area contributed by atoms with E-state index in [1.165, 1.54) is 23.9 Å². The summed E-state index contributed by atoms with van der Waals surface area (Å²) in [5.74, 6) is 0.487. The van der Waals surface area contributed by atoms with Crippen molar-refractivity contribution in [3.63, 3.8) is 0 Å². The molecule has 1 aromatic carbocycles. The number of thioether (sulfide) groups is 1. The Morgan fingerprint density at radius 2 is 1.69 bits per heavy atom. The average molecular weight is 464 g/mol. The molecule has 0 radical (unpaired) electrons. The zero-order valence-electron chi connectivity index (χ0n) is 19.6. The molecule has 176 valence electrons. The Kier molecular flexibility index (Phi) is 8.67. The number of morpholine rings is 1. The zero-order valence-corrected chi connectivity index (χ0v) is 20.4. The Hall–Kier alpha value is -1.97. The Labute approximate surface area is 194 Å². The summed E-state index contributed by atoms with van der Waals surface area (Å²) in [6, 6.07) is 6.54. The molecule has 1 unspecified atom stereocenters. The van der Waals surface area contributed by atoms with Crippen molar-refractivity contribution in [2.45, 2.75) is 63.7 Å². The zero-order chi connectivity index (χ0) is 23.3. The van der Waals surface area contributed by atoms with Gasteiger partial charge in [0.1, 0.15) is 5.82 Å². The lowest BCUT2D eigenvalue weighted by atomic mass is 10.2. The van der Waals surface area contributed by atoms with Gasteiger partial charge in [-0.05, 0) is 58.9 Å². The van der Waals surface area contributed by atoms with E-state index >= 15 is 0 Å². The van der Waals surface area contributed by atoms with E-state index in [1.807, 2.05) is 44.1 Å². The number of rotatable bonds is 9. The normalized spacial score (nSPS) is 16.0. The first-order valence-electron chi connectivity index (χ1n) is 11.3. The van der Waals surface area contributed by atoms with Crippen LogP contribution in [-0.4, -0.2) is 80.7 Å². The van der Waals surface area contributed by atoms with Gasteiger partial charge < -0.3 is 14.2 Å². The van der Waals surface area contributed by atoms with Crippen LogP contribution in [-0.2, 0) is 16.1 Å². The molecule has 9 heteroatoms. The van der Waals surface area contributed by atoms with Gasteiger partial charge in [-0.15, -0.1) is 10.2 Å². The molecule has 1 atom stereocenters. The van der Waals surface area contributed by atoms with Gasteiger partial charge in [0.2, 0.25) is 5.91 Å². The van der Waals surface area contributed by atoms with Crippen LogP contribution >= 0.6 is 11.8 Å². The molecule has 7 nitrogen and oxygen atoms in total. The number of nitrogens with zero attached hydrogens (tertiary/aromatic N) is 5. The van der Waals surface area contributed by atoms with Gasteiger partial charge in [-0.25, -0.2) is 4.39 Å². The van der Waals surface area contributed by atoms with Crippen LogP contribution in [0.15, 0.2) is 29.4 Å². The molecule has 0 spiro atoms. The molecule has 0 aliphatic carbocycles. The van der Waals surface area contributed by atoms with E-state index < -0.39 is 0 Å². The lowest BCUT2D eigenvalue weighted by molar-refractivity contribution is -0.133. The summed E-state index contributed by atoms with van der Waals surface area (Å²) in [6.07, 6.45) is 0. The molecule has 32 heavy (non-hydrogen) atoms. The Morgan fingerprint density at radius 1 is 1.06 bits per heavy atom. The van der Waals surface area contributed by atoms with Gasteiger partial charge in [0.05, 0.1) is 18.5 Å². The highest BCUT2D eigenvalue weighted by Crippen LogP contribution is 2.28. The number of benzene rings is 1. The number of hydrogen-bond acceptors (Lipinski definition) is 6. The third-order valence-electron chi connectivity index (χ3n) is 5.56. The van der Waals surface area contributed by atoms with E-state index in [0.717, 1.165) is 38.4 Å². The van der Waals surface area contributed by atoms with Crippen molar-refractivity contribution in [1.29, 1.82) is 0 Å². The van der Waals surface area contributed by atoms with Crippen LogP contribution in [0.5, 0.6) is 0 Å². The van der Waals surface area contributed by atoms with Gasteiger partial charge in [-0.1, -0.05) is 11.8 Å². The fourth-order valence-electron chi connectivity index (χ4n) is 3.98. The lowest BCUT2D eigenvalue weighted by Crippen LogP contribution is -2.45. The van der Waals surface area contributed by atoms with Crippen molar-refractivity contribution >= 4 is 17.7 Å². The van der Waals surface area contributed by atoms with Crippen LogP contribution in [0.1, 0.15) is 34.6 Å². The van der Waals surface area contributed by atoms with Crippen LogP contribution in [0.4, 0.5) is 4.39 Å². The summed E-state index contributed by atoms with van der Waals surface area (Å²) in [4.78, 5) is 17.4. The number of aromatic nitrogens is 3. The maximum Gasteiger partial charge on any atom is 0.236 e. The first-order chi connectivity index (χ1) is 15.3. The molecule has 3 rings (SSSR count). The molecule has 2 aromatic rings. The standard InChI is InChI=1S/C23H34FN5O2S/c1-16(2)29(17(3)4)22(30)18(5)32-23-26-25-21(19-6-8-20(24)9-7-19)28(23)11-10-27-12-14-31-15-13-27/h6-9,16-18H,10-15H2,1-5H3. The third-order valence-corrected chi connectivity index (χ3v) is 6.63. The number of halogens is 1. The summed E-state index contributed by atoms with van der Waals surface area (Å²) in [7, 11) is 0. The largest absolute Gasteiger partial charge is 0.379 e. The lowest BCUT2D eigenvalue weighted by Gasteiger charge is -2.32. The first-order valence-corrected chi connectivity index (χ1v) is 12.1. The second kappa shape index (κ2) is 11.2. The molecule has 2 heterocycles. The molecule has 0 bridgehead atoms. The highest BCUT2D eigenvalue weighted by atomic mass is 32.2. The number of hydrogen-bond donors (Lipinski definition) is 0. The molecule has 1 aliphatic heterocycles. The van der Waals surface area contributed by atoms with Crippen molar-refractivity contribution in [3.05, 3.63) is 30.1 Å². The number of ether oxygens (including phenoxy) is 1. The highest BCUT2D eigenvalue weighted by Gasteiger charge is 2.28. The van der Waals surface area contributed by atoms with Crippen LogP contribution in [0.3, 0.4) is 0 Å². The molecule has 0 saturated carbocycles. The van der Waals surface area contributed by atoms with E-state index in [2.05, 4.69) is 15.1 Å². The van der Waals surface area contributed by atoms with Gasteiger partial charge in [0.25, 0.3) is 0 Å². The van der Waals surface area contributed by atoms with Gasteiger partial charge in [-0.2, -0.15) is 0 Å². The fraction of sp³-hybridized carbons (Fsp3) is 0.609. The summed E-state index contributed by atoms with van der Waals surface area (Å²) >= 11 is 1.43. The Bertz CT molecular complexity index is 873. The quantitative estimate of drug-likeness (QED) is 0.530. The molecular formula is C23H34FN5O2S. The SMILES string of the molecule is CC(Sc1nnc(-c2ccc(F)cc2)n1CCN1CCOCC1)C(=O)N(C(C)C)C(C)C. The molecule has 1 aliphatic rings. The van der Waals surface area contributed by atoms with Crippen LogP contribution < -0.4 is 0 Å². The monoisotopic (exact) mass is 463 g/mol. The molecule has 1 fully saturated rings. The summed E-state index contributed by atoms with van der Waals surface area (Å²) in [5, 5.41) is 9.23. The maximum absolute atomic E-state index is 13.5. The minimum absolute atomic E-state index is 0.0889. The topological polar surface area (TPSA) is 63.5 Å². The molecule has 1 amide bonds. The van der Waals surface area contributed by atoms with Crippen LogP contribution in [0.2, 0.25) is 0 Å². The maximum atomic E-state index is 13.5. The van der Waals surface area contributed by atoms with Crippen LogP contribution in [0.25, 0.3) is 11.4 Å². The van der Waals surface area contributed by atoms with E-state index in [9.17, 15) is 9.18 Å². The van der Waals surface area contributed by atoms with Crippen LogP contribution in [0, 0.1) is 5.82 Å². The smallest absolute Gasteiger partial charge is 0.236 e. The van der Waals surface area contributed by atoms with Crippen molar-refractivity contribution in [2.75, 3.05) is 32.8 Å². The van der Waals surface area contributed by atoms with E-state index in [0.29, 0.717) is 17.5 Å². The van der Waals surface area contributed by atoms with Gasteiger partial charge in [-0.3, -0.25) is 9.69 Å². The minimum atomic E-state index is -0.299. The molecule has 1 aromatic heterocycles. The fourth-order valence-corrected chi connectivity index (χ4v) is 4.91. The third kappa shape index (κ3) is 6.08. The number of amides is 1. The Morgan fingerprint density at radius 3 is 2.28 bits per heavy atom. The number of carbonyl (C=O) groups excluding carboxylic acids is 1. The van der Waals surface area contributed by atoms with Gasteiger partial charge in [0, 0.05) is 43.8 Å². The predicted octanol–water partition coefficient (Wildman–Crippen LogP) is 3.54. The first kappa shape index (κ1) is 24.7. The second-order valence-electron chi connectivity index (χ2n) is 8.61. The summed E-state index contributed by atoms with van der Waals surface area (Å²) in [5.41, 5.74) is 0.803.